The second kappa shape index (κ2) is 7.24. The van der Waals surface area contributed by atoms with Gasteiger partial charge in [-0.15, -0.1) is 0 Å². The summed E-state index contributed by atoms with van der Waals surface area (Å²) in [6.07, 6.45) is 11.7. The van der Waals surface area contributed by atoms with Crippen molar-refractivity contribution >= 4 is 0 Å². The van der Waals surface area contributed by atoms with Crippen LogP contribution in [0.25, 0.3) is 0 Å². The molecular weight excluding hydrogens is 250 g/mol. The third kappa shape index (κ3) is 4.71. The molecule has 20 heavy (non-hydrogen) atoms. The van der Waals surface area contributed by atoms with E-state index in [0.717, 1.165) is 31.1 Å². The first kappa shape index (κ1) is 14.8. The average Bonchev–Trinajstić information content (AvgIpc) is 3.30. The molecule has 1 N–H and O–H groups in total. The minimum atomic E-state index is 0.420. The van der Waals surface area contributed by atoms with E-state index in [9.17, 15) is 0 Å². The van der Waals surface area contributed by atoms with Crippen molar-refractivity contribution in [3.05, 3.63) is 0 Å². The van der Waals surface area contributed by atoms with Crippen LogP contribution in [0.3, 0.4) is 0 Å². The highest BCUT2D eigenvalue weighted by molar-refractivity contribution is 4.80. The average molecular weight is 281 g/mol. The van der Waals surface area contributed by atoms with E-state index >= 15 is 0 Å². The molecule has 0 aromatic heterocycles. The highest BCUT2D eigenvalue weighted by atomic mass is 16.6. The molecule has 1 aliphatic heterocycles. The van der Waals surface area contributed by atoms with Gasteiger partial charge >= 0.3 is 0 Å². The fourth-order valence-corrected chi connectivity index (χ4v) is 3.71. The van der Waals surface area contributed by atoms with Gasteiger partial charge in [-0.3, -0.25) is 0 Å². The van der Waals surface area contributed by atoms with Crippen molar-refractivity contribution in [3.63, 3.8) is 0 Å². The third-order valence-electron chi connectivity index (χ3n) is 5.43. The molecule has 1 heterocycles. The van der Waals surface area contributed by atoms with Crippen LogP contribution in [0.1, 0.15) is 58.3 Å². The van der Waals surface area contributed by atoms with Crippen LogP contribution in [-0.2, 0) is 9.47 Å². The Bertz CT molecular complexity index is 277. The molecular formula is C17H31NO2. The lowest BCUT2D eigenvalue weighted by atomic mass is 9.85. The van der Waals surface area contributed by atoms with E-state index in [4.69, 9.17) is 9.47 Å². The first-order chi connectivity index (χ1) is 9.79. The predicted octanol–water partition coefficient (Wildman–Crippen LogP) is 3.13. The van der Waals surface area contributed by atoms with E-state index in [1.807, 2.05) is 0 Å². The summed E-state index contributed by atoms with van der Waals surface area (Å²) < 4.78 is 11.1. The molecule has 0 bridgehead atoms. The molecule has 0 aromatic rings. The summed E-state index contributed by atoms with van der Waals surface area (Å²) in [5.41, 5.74) is 0. The topological polar surface area (TPSA) is 33.8 Å². The fraction of sp³-hybridized carbons (Fsp3) is 1.00. The van der Waals surface area contributed by atoms with Gasteiger partial charge in [-0.2, -0.15) is 0 Å². The molecule has 3 nitrogen and oxygen atoms in total. The Balaban J connectivity index is 1.26. The smallest absolute Gasteiger partial charge is 0.104 e. The molecule has 1 atom stereocenters. The van der Waals surface area contributed by atoms with Crippen molar-refractivity contribution in [2.45, 2.75) is 76.5 Å². The van der Waals surface area contributed by atoms with Crippen molar-refractivity contribution in [3.8, 4) is 0 Å². The molecule has 1 unspecified atom stereocenters. The Morgan fingerprint density at radius 3 is 2.35 bits per heavy atom. The summed E-state index contributed by atoms with van der Waals surface area (Å²) in [5.74, 6) is 1.84. The zero-order valence-corrected chi connectivity index (χ0v) is 13.0. The van der Waals surface area contributed by atoms with E-state index in [1.165, 1.54) is 57.9 Å². The lowest BCUT2D eigenvalue weighted by Crippen LogP contribution is -2.37. The van der Waals surface area contributed by atoms with Gasteiger partial charge < -0.3 is 14.8 Å². The quantitative estimate of drug-likeness (QED) is 0.760. The van der Waals surface area contributed by atoms with Crippen molar-refractivity contribution in [2.75, 3.05) is 19.8 Å². The van der Waals surface area contributed by atoms with Crippen molar-refractivity contribution < 1.29 is 9.47 Å². The van der Waals surface area contributed by atoms with Gasteiger partial charge in [0.2, 0.25) is 0 Å². The monoisotopic (exact) mass is 281 g/mol. The van der Waals surface area contributed by atoms with Crippen LogP contribution in [0.4, 0.5) is 0 Å². The van der Waals surface area contributed by atoms with Crippen LogP contribution < -0.4 is 5.32 Å². The first-order valence-corrected chi connectivity index (χ1v) is 8.76. The molecule has 116 valence electrons. The lowest BCUT2D eigenvalue weighted by Gasteiger charge is -2.32. The largest absolute Gasteiger partial charge is 0.375 e. The summed E-state index contributed by atoms with van der Waals surface area (Å²) in [7, 11) is 0. The molecule has 1 saturated heterocycles. The number of epoxide rings is 1. The van der Waals surface area contributed by atoms with Crippen LogP contribution in [-0.4, -0.2) is 38.0 Å². The molecule has 0 amide bonds. The molecule has 3 heteroatoms. The molecule has 0 aromatic carbocycles. The number of nitrogens with one attached hydrogen (secondary N) is 1. The van der Waals surface area contributed by atoms with E-state index in [1.54, 1.807) is 0 Å². The molecule has 3 rings (SSSR count). The second-order valence-corrected chi connectivity index (χ2v) is 7.30. The normalized spacial score (nSPS) is 41.5. The van der Waals surface area contributed by atoms with Gasteiger partial charge in [0.05, 0.1) is 19.3 Å². The van der Waals surface area contributed by atoms with E-state index in [2.05, 4.69) is 12.2 Å². The zero-order chi connectivity index (χ0) is 13.8. The molecule has 3 aliphatic rings. The lowest BCUT2D eigenvalue weighted by molar-refractivity contribution is 0.0102. The molecule has 3 fully saturated rings. The number of rotatable bonds is 6. The minimum Gasteiger partial charge on any atom is -0.375 e. The van der Waals surface area contributed by atoms with Crippen LogP contribution >= 0.6 is 0 Å². The van der Waals surface area contributed by atoms with Gasteiger partial charge in [-0.05, 0) is 69.7 Å². The van der Waals surface area contributed by atoms with Crippen molar-refractivity contribution in [1.82, 2.24) is 5.32 Å². The number of hydrogen-bond acceptors (Lipinski definition) is 3. The Labute approximate surface area is 123 Å². The molecule has 2 saturated carbocycles. The van der Waals surface area contributed by atoms with Gasteiger partial charge in [0, 0.05) is 6.04 Å². The number of ether oxygens (including phenoxy) is 2. The Kier molecular flexibility index (Phi) is 5.36. The maximum absolute atomic E-state index is 5.92. The first-order valence-electron chi connectivity index (χ1n) is 8.76. The maximum Gasteiger partial charge on any atom is 0.104 e. The fourth-order valence-electron chi connectivity index (χ4n) is 3.71. The van der Waals surface area contributed by atoms with Crippen LogP contribution in [0.5, 0.6) is 0 Å². The van der Waals surface area contributed by atoms with Crippen molar-refractivity contribution in [1.29, 1.82) is 0 Å². The Hall–Kier alpha value is -0.120. The third-order valence-corrected chi connectivity index (χ3v) is 5.43. The van der Waals surface area contributed by atoms with E-state index in [-0.39, 0.29) is 0 Å². The van der Waals surface area contributed by atoms with Gasteiger partial charge in [-0.25, -0.2) is 0 Å². The Morgan fingerprint density at radius 1 is 1.00 bits per heavy atom. The highest BCUT2D eigenvalue weighted by Gasteiger charge is 2.27. The van der Waals surface area contributed by atoms with Crippen LogP contribution in [0.2, 0.25) is 0 Å². The summed E-state index contributed by atoms with van der Waals surface area (Å²) in [6, 6.07) is 0.798. The van der Waals surface area contributed by atoms with Gasteiger partial charge in [0.25, 0.3) is 0 Å². The summed E-state index contributed by atoms with van der Waals surface area (Å²) >= 11 is 0. The summed E-state index contributed by atoms with van der Waals surface area (Å²) in [4.78, 5) is 0. The molecule has 2 aliphatic carbocycles. The van der Waals surface area contributed by atoms with Crippen LogP contribution in [0, 0.1) is 11.8 Å². The van der Waals surface area contributed by atoms with Crippen LogP contribution in [0.15, 0.2) is 0 Å². The second-order valence-electron chi connectivity index (χ2n) is 7.30. The van der Waals surface area contributed by atoms with Crippen molar-refractivity contribution in [2.24, 2.45) is 11.8 Å². The van der Waals surface area contributed by atoms with Gasteiger partial charge in [-0.1, -0.05) is 6.92 Å². The van der Waals surface area contributed by atoms with Gasteiger partial charge in [0.1, 0.15) is 6.10 Å². The summed E-state index contributed by atoms with van der Waals surface area (Å²) in [5, 5.41) is 3.83. The highest BCUT2D eigenvalue weighted by Crippen LogP contribution is 2.28. The number of hydrogen-bond donors (Lipinski definition) is 1. The van der Waals surface area contributed by atoms with E-state index < -0.39 is 0 Å². The molecule has 0 spiro atoms. The molecule has 0 radical (unpaired) electrons. The zero-order valence-electron chi connectivity index (χ0n) is 13.0. The minimum absolute atomic E-state index is 0.420. The SMILES string of the molecule is CC1CCC(NCC2CCC(OCC3CO3)CC2)CC1. The Morgan fingerprint density at radius 2 is 1.70 bits per heavy atom. The predicted molar refractivity (Wildman–Crippen MR) is 80.9 cm³/mol. The standard InChI is InChI=1S/C17H31NO2/c1-13-2-6-15(7-3-13)18-10-14-4-8-16(9-5-14)19-11-17-12-20-17/h13-18H,2-12H2,1H3. The summed E-state index contributed by atoms with van der Waals surface area (Å²) in [6.45, 7) is 5.37. The maximum atomic E-state index is 5.92. The van der Waals surface area contributed by atoms with Gasteiger partial charge in [0.15, 0.2) is 0 Å². The van der Waals surface area contributed by atoms with E-state index in [0.29, 0.717) is 12.2 Å².